The highest BCUT2D eigenvalue weighted by molar-refractivity contribution is 6.07. The summed E-state index contributed by atoms with van der Waals surface area (Å²) in [6, 6.07) is 16.4. The van der Waals surface area contributed by atoms with Gasteiger partial charge in [-0.1, -0.05) is 12.1 Å². The van der Waals surface area contributed by atoms with Crippen LogP contribution in [0.5, 0.6) is 23.0 Å². The predicted octanol–water partition coefficient (Wildman–Crippen LogP) is 4.73. The van der Waals surface area contributed by atoms with Crippen molar-refractivity contribution in [2.75, 3.05) is 20.8 Å². The number of fused-ring (bicyclic) bond motifs is 2. The number of methoxy groups -OCH3 is 1. The van der Waals surface area contributed by atoms with Gasteiger partial charge in [0.2, 0.25) is 0 Å². The molecule has 184 valence electrons. The second-order valence-electron chi connectivity index (χ2n) is 8.70. The molecule has 9 nitrogen and oxygen atoms in total. The standard InChI is InChI=1S/C27H25N3O6/c1-28-25(31)19-5-3-4-16-12-17(6-7-18(16)19)36-22-8-11-29-21-14-24(23(34-2)13-20(21)22)35-15-27(9-10-27)30-26(32)33/h3-8,11-14,30H,9-10,15H2,1-2H3,(H,28,31)(H,32,33). The van der Waals surface area contributed by atoms with Gasteiger partial charge in [0.15, 0.2) is 11.5 Å². The Kier molecular flexibility index (Phi) is 5.97. The Morgan fingerprint density at radius 1 is 1.03 bits per heavy atom. The lowest BCUT2D eigenvalue weighted by molar-refractivity contribution is 0.0964. The molecule has 2 amide bonds. The molecule has 1 aliphatic rings. The van der Waals surface area contributed by atoms with Crippen molar-refractivity contribution < 1.29 is 28.9 Å². The van der Waals surface area contributed by atoms with E-state index in [0.29, 0.717) is 34.1 Å². The number of carbonyl (C=O) groups is 2. The molecule has 36 heavy (non-hydrogen) atoms. The van der Waals surface area contributed by atoms with Crippen molar-refractivity contribution in [1.29, 1.82) is 0 Å². The van der Waals surface area contributed by atoms with Crippen LogP contribution in [0.1, 0.15) is 23.2 Å². The summed E-state index contributed by atoms with van der Waals surface area (Å²) in [5.74, 6) is 2.00. The summed E-state index contributed by atoms with van der Waals surface area (Å²) in [4.78, 5) is 27.7. The third-order valence-electron chi connectivity index (χ3n) is 6.27. The van der Waals surface area contributed by atoms with Gasteiger partial charge < -0.3 is 30.0 Å². The summed E-state index contributed by atoms with van der Waals surface area (Å²) < 4.78 is 17.7. The number of nitrogens with zero attached hydrogens (tertiary/aromatic N) is 1. The molecule has 5 rings (SSSR count). The third kappa shape index (κ3) is 4.55. The van der Waals surface area contributed by atoms with Crippen molar-refractivity contribution in [1.82, 2.24) is 15.6 Å². The minimum absolute atomic E-state index is 0.147. The van der Waals surface area contributed by atoms with Gasteiger partial charge in [-0.15, -0.1) is 0 Å². The first kappa shape index (κ1) is 23.2. The fraction of sp³-hybridized carbons (Fsp3) is 0.222. The van der Waals surface area contributed by atoms with Gasteiger partial charge in [-0.3, -0.25) is 9.78 Å². The molecule has 0 spiro atoms. The van der Waals surface area contributed by atoms with Crippen molar-refractivity contribution >= 4 is 33.7 Å². The van der Waals surface area contributed by atoms with Gasteiger partial charge in [-0.05, 0) is 60.0 Å². The van der Waals surface area contributed by atoms with E-state index in [-0.39, 0.29) is 12.5 Å². The minimum atomic E-state index is -1.07. The van der Waals surface area contributed by atoms with Crippen LogP contribution < -0.4 is 24.8 Å². The Labute approximate surface area is 207 Å². The summed E-state index contributed by atoms with van der Waals surface area (Å²) >= 11 is 0. The van der Waals surface area contributed by atoms with Gasteiger partial charge in [0, 0.05) is 30.3 Å². The van der Waals surface area contributed by atoms with Crippen LogP contribution in [0.15, 0.2) is 60.8 Å². The fourth-order valence-corrected chi connectivity index (χ4v) is 4.17. The Balaban J connectivity index is 1.44. The van der Waals surface area contributed by atoms with Gasteiger partial charge in [0.25, 0.3) is 5.91 Å². The summed E-state index contributed by atoms with van der Waals surface area (Å²) in [5, 5.41) is 16.7. The Hall–Kier alpha value is -4.53. The molecular weight excluding hydrogens is 462 g/mol. The maximum Gasteiger partial charge on any atom is 0.405 e. The quantitative estimate of drug-likeness (QED) is 0.329. The van der Waals surface area contributed by atoms with E-state index in [9.17, 15) is 9.59 Å². The van der Waals surface area contributed by atoms with Gasteiger partial charge in [0.1, 0.15) is 18.1 Å². The molecule has 4 aromatic rings. The molecule has 0 aliphatic heterocycles. The van der Waals surface area contributed by atoms with Crippen LogP contribution in [-0.2, 0) is 0 Å². The zero-order valence-electron chi connectivity index (χ0n) is 19.8. The molecule has 0 bridgehead atoms. The number of carbonyl (C=O) groups excluding carboxylic acids is 1. The number of hydrogen-bond donors (Lipinski definition) is 3. The lowest BCUT2D eigenvalue weighted by atomic mass is 10.0. The van der Waals surface area contributed by atoms with Gasteiger partial charge in [-0.25, -0.2) is 4.79 Å². The van der Waals surface area contributed by atoms with Crippen LogP contribution >= 0.6 is 0 Å². The molecule has 1 aromatic heterocycles. The van der Waals surface area contributed by atoms with Crippen LogP contribution in [0.3, 0.4) is 0 Å². The largest absolute Gasteiger partial charge is 0.493 e. The van der Waals surface area contributed by atoms with E-state index < -0.39 is 11.6 Å². The molecule has 0 saturated heterocycles. The zero-order valence-corrected chi connectivity index (χ0v) is 19.8. The Bertz CT molecular complexity index is 1480. The second-order valence-corrected chi connectivity index (χ2v) is 8.70. The third-order valence-corrected chi connectivity index (χ3v) is 6.27. The molecule has 1 saturated carbocycles. The van der Waals surface area contributed by atoms with Crippen LogP contribution in [-0.4, -0.2) is 48.4 Å². The van der Waals surface area contributed by atoms with Crippen molar-refractivity contribution in [3.05, 3.63) is 66.4 Å². The van der Waals surface area contributed by atoms with Gasteiger partial charge in [0.05, 0.1) is 18.2 Å². The van der Waals surface area contributed by atoms with Crippen molar-refractivity contribution in [2.45, 2.75) is 18.4 Å². The fourth-order valence-electron chi connectivity index (χ4n) is 4.17. The van der Waals surface area contributed by atoms with Crippen molar-refractivity contribution in [3.8, 4) is 23.0 Å². The summed E-state index contributed by atoms with van der Waals surface area (Å²) in [7, 11) is 3.15. The first-order chi connectivity index (χ1) is 17.4. The molecule has 0 unspecified atom stereocenters. The molecule has 9 heteroatoms. The highest BCUT2D eigenvalue weighted by atomic mass is 16.5. The first-order valence-corrected chi connectivity index (χ1v) is 11.4. The molecule has 1 aliphatic carbocycles. The van der Waals surface area contributed by atoms with E-state index in [4.69, 9.17) is 19.3 Å². The van der Waals surface area contributed by atoms with Crippen LogP contribution in [0.4, 0.5) is 4.79 Å². The monoisotopic (exact) mass is 487 g/mol. The number of carboxylic acid groups (broad SMARTS) is 1. The highest BCUT2D eigenvalue weighted by Crippen LogP contribution is 2.40. The SMILES string of the molecule is CNC(=O)c1cccc2cc(Oc3ccnc4cc(OCC5(NC(=O)O)CC5)c(OC)cc34)ccc12. The summed E-state index contributed by atoms with van der Waals surface area (Å²) in [6.07, 6.45) is 2.03. The minimum Gasteiger partial charge on any atom is -0.493 e. The lowest BCUT2D eigenvalue weighted by Gasteiger charge is -2.18. The van der Waals surface area contributed by atoms with Crippen LogP contribution in [0, 0.1) is 0 Å². The smallest absolute Gasteiger partial charge is 0.405 e. The van der Waals surface area contributed by atoms with E-state index in [1.807, 2.05) is 30.3 Å². The number of benzene rings is 3. The maximum absolute atomic E-state index is 12.2. The molecule has 1 fully saturated rings. The van der Waals surface area contributed by atoms with E-state index in [0.717, 1.165) is 29.0 Å². The summed E-state index contributed by atoms with van der Waals surface area (Å²) in [5.41, 5.74) is 0.680. The highest BCUT2D eigenvalue weighted by Gasteiger charge is 2.45. The number of ether oxygens (including phenoxy) is 3. The Morgan fingerprint density at radius 3 is 2.58 bits per heavy atom. The van der Waals surface area contributed by atoms with E-state index in [1.54, 1.807) is 44.6 Å². The number of pyridine rings is 1. The number of amides is 2. The van der Waals surface area contributed by atoms with Gasteiger partial charge >= 0.3 is 6.09 Å². The molecule has 1 heterocycles. The average Bonchev–Trinajstić information content (AvgIpc) is 3.64. The van der Waals surface area contributed by atoms with Crippen LogP contribution in [0.25, 0.3) is 21.7 Å². The molecule has 0 radical (unpaired) electrons. The van der Waals surface area contributed by atoms with Crippen molar-refractivity contribution in [3.63, 3.8) is 0 Å². The number of hydrogen-bond acceptors (Lipinski definition) is 6. The maximum atomic E-state index is 12.2. The average molecular weight is 488 g/mol. The Morgan fingerprint density at radius 2 is 1.86 bits per heavy atom. The normalized spacial score (nSPS) is 13.7. The van der Waals surface area contributed by atoms with Gasteiger partial charge in [-0.2, -0.15) is 0 Å². The second kappa shape index (κ2) is 9.26. The molecule has 3 aromatic carbocycles. The number of rotatable bonds is 8. The number of nitrogens with one attached hydrogen (secondary N) is 2. The zero-order chi connectivity index (χ0) is 25.3. The first-order valence-electron chi connectivity index (χ1n) is 11.4. The number of aromatic nitrogens is 1. The summed E-state index contributed by atoms with van der Waals surface area (Å²) in [6.45, 7) is 0.201. The molecule has 0 atom stereocenters. The topological polar surface area (TPSA) is 119 Å². The molecular formula is C27H25N3O6. The van der Waals surface area contributed by atoms with Crippen molar-refractivity contribution in [2.24, 2.45) is 0 Å². The lowest BCUT2D eigenvalue weighted by Crippen LogP contribution is -2.40. The van der Waals surface area contributed by atoms with Crippen LogP contribution in [0.2, 0.25) is 0 Å². The van der Waals surface area contributed by atoms with E-state index in [1.165, 1.54) is 0 Å². The van der Waals surface area contributed by atoms with E-state index in [2.05, 4.69) is 15.6 Å². The predicted molar refractivity (Wildman–Crippen MR) is 134 cm³/mol. The van der Waals surface area contributed by atoms with E-state index >= 15 is 0 Å². The molecule has 3 N–H and O–H groups in total.